The highest BCUT2D eigenvalue weighted by atomic mass is 16.5. The number of aromatic nitrogens is 2. The second-order valence-electron chi connectivity index (χ2n) is 4.68. The maximum absolute atomic E-state index is 11.5. The molecule has 1 saturated carbocycles. The summed E-state index contributed by atoms with van der Waals surface area (Å²) in [5.41, 5.74) is 5.48. The number of aromatic amines is 1. The minimum atomic E-state index is -0.267. The van der Waals surface area contributed by atoms with Crippen LogP contribution in [0.3, 0.4) is 0 Å². The standard InChI is InChI=1S/C12H20N4O2/c1-18-10-11(15-7-16-12(10)17)14-6-9-4-2-3-8(9)5-13/h7-9H,2-6,13H2,1H3,(H2,14,15,16,17). The Balaban J connectivity index is 2.02. The topological polar surface area (TPSA) is 93.0 Å². The summed E-state index contributed by atoms with van der Waals surface area (Å²) in [6, 6.07) is 0. The van der Waals surface area contributed by atoms with E-state index in [0.29, 0.717) is 17.7 Å². The summed E-state index contributed by atoms with van der Waals surface area (Å²) in [4.78, 5) is 18.1. The molecule has 0 radical (unpaired) electrons. The number of nitrogens with zero attached hydrogens (tertiary/aromatic N) is 1. The smallest absolute Gasteiger partial charge is 0.295 e. The predicted molar refractivity (Wildman–Crippen MR) is 69.8 cm³/mol. The monoisotopic (exact) mass is 252 g/mol. The van der Waals surface area contributed by atoms with Gasteiger partial charge in [0.2, 0.25) is 5.75 Å². The van der Waals surface area contributed by atoms with Crippen LogP contribution in [0.1, 0.15) is 19.3 Å². The first kappa shape index (κ1) is 12.9. The van der Waals surface area contributed by atoms with Crippen LogP contribution in [0.2, 0.25) is 0 Å². The van der Waals surface area contributed by atoms with E-state index in [0.717, 1.165) is 13.1 Å². The Hall–Kier alpha value is -1.56. The Morgan fingerprint density at radius 3 is 3.06 bits per heavy atom. The molecule has 0 saturated heterocycles. The van der Waals surface area contributed by atoms with Crippen LogP contribution in [0.4, 0.5) is 5.82 Å². The average molecular weight is 252 g/mol. The van der Waals surface area contributed by atoms with Crippen molar-refractivity contribution in [1.82, 2.24) is 9.97 Å². The van der Waals surface area contributed by atoms with Gasteiger partial charge in [-0.2, -0.15) is 0 Å². The molecule has 1 aromatic heterocycles. The molecule has 1 fully saturated rings. The second-order valence-corrected chi connectivity index (χ2v) is 4.68. The largest absolute Gasteiger partial charge is 0.489 e. The fourth-order valence-corrected chi connectivity index (χ4v) is 2.62. The van der Waals surface area contributed by atoms with Gasteiger partial charge >= 0.3 is 0 Å². The average Bonchev–Trinajstić information content (AvgIpc) is 2.83. The van der Waals surface area contributed by atoms with Gasteiger partial charge in [-0.15, -0.1) is 0 Å². The number of ether oxygens (including phenoxy) is 1. The Morgan fingerprint density at radius 1 is 1.56 bits per heavy atom. The third-order valence-corrected chi connectivity index (χ3v) is 3.67. The van der Waals surface area contributed by atoms with E-state index in [9.17, 15) is 4.79 Å². The molecular formula is C12H20N4O2. The molecule has 18 heavy (non-hydrogen) atoms. The van der Waals surface area contributed by atoms with Crippen molar-refractivity contribution >= 4 is 5.82 Å². The molecule has 1 heterocycles. The number of nitrogens with one attached hydrogen (secondary N) is 2. The van der Waals surface area contributed by atoms with Crippen molar-refractivity contribution < 1.29 is 4.74 Å². The fraction of sp³-hybridized carbons (Fsp3) is 0.667. The van der Waals surface area contributed by atoms with Gasteiger partial charge in [0.1, 0.15) is 0 Å². The van der Waals surface area contributed by atoms with E-state index in [1.165, 1.54) is 32.7 Å². The van der Waals surface area contributed by atoms with Crippen molar-refractivity contribution in [2.75, 3.05) is 25.5 Å². The van der Waals surface area contributed by atoms with E-state index >= 15 is 0 Å². The summed E-state index contributed by atoms with van der Waals surface area (Å²) in [6.45, 7) is 1.51. The quantitative estimate of drug-likeness (QED) is 0.712. The number of rotatable bonds is 5. The second kappa shape index (κ2) is 5.86. The summed E-state index contributed by atoms with van der Waals surface area (Å²) in [5, 5.41) is 3.20. The fourth-order valence-electron chi connectivity index (χ4n) is 2.62. The maximum Gasteiger partial charge on any atom is 0.295 e. The molecule has 0 aromatic carbocycles. The molecule has 0 bridgehead atoms. The Kier molecular flexibility index (Phi) is 4.19. The molecule has 1 aliphatic carbocycles. The van der Waals surface area contributed by atoms with Crippen LogP contribution in [0, 0.1) is 11.8 Å². The molecule has 4 N–H and O–H groups in total. The number of anilines is 1. The molecule has 1 aliphatic rings. The Bertz CT molecular complexity index is 446. The molecule has 6 nitrogen and oxygen atoms in total. The van der Waals surface area contributed by atoms with Gasteiger partial charge in [0.25, 0.3) is 5.56 Å². The van der Waals surface area contributed by atoms with Gasteiger partial charge in [-0.25, -0.2) is 4.98 Å². The van der Waals surface area contributed by atoms with Crippen molar-refractivity contribution in [2.45, 2.75) is 19.3 Å². The van der Waals surface area contributed by atoms with E-state index in [-0.39, 0.29) is 11.3 Å². The lowest BCUT2D eigenvalue weighted by atomic mass is 9.96. The minimum Gasteiger partial charge on any atom is -0.489 e. The van der Waals surface area contributed by atoms with E-state index in [1.54, 1.807) is 0 Å². The summed E-state index contributed by atoms with van der Waals surface area (Å²) < 4.78 is 5.05. The summed E-state index contributed by atoms with van der Waals surface area (Å²) in [5.74, 6) is 1.87. The first-order chi connectivity index (χ1) is 8.76. The molecular weight excluding hydrogens is 232 g/mol. The van der Waals surface area contributed by atoms with Gasteiger partial charge in [0, 0.05) is 6.54 Å². The van der Waals surface area contributed by atoms with E-state index in [1.807, 2.05) is 0 Å². The van der Waals surface area contributed by atoms with Gasteiger partial charge in [0.05, 0.1) is 13.4 Å². The third kappa shape index (κ3) is 2.64. The molecule has 2 unspecified atom stereocenters. The summed E-state index contributed by atoms with van der Waals surface area (Å²) in [7, 11) is 1.47. The zero-order chi connectivity index (χ0) is 13.0. The van der Waals surface area contributed by atoms with Crippen LogP contribution in [-0.4, -0.2) is 30.2 Å². The lowest BCUT2D eigenvalue weighted by molar-refractivity contribution is 0.401. The molecule has 2 atom stereocenters. The highest BCUT2D eigenvalue weighted by Crippen LogP contribution is 2.31. The normalized spacial score (nSPS) is 23.0. The van der Waals surface area contributed by atoms with Gasteiger partial charge in [-0.3, -0.25) is 4.79 Å². The predicted octanol–water partition coefficient (Wildman–Crippen LogP) is 0.565. The number of methoxy groups -OCH3 is 1. The summed E-state index contributed by atoms with van der Waals surface area (Å²) in [6.07, 6.45) is 4.99. The van der Waals surface area contributed by atoms with E-state index < -0.39 is 0 Å². The third-order valence-electron chi connectivity index (χ3n) is 3.67. The maximum atomic E-state index is 11.5. The van der Waals surface area contributed by atoms with E-state index in [4.69, 9.17) is 10.5 Å². The number of hydrogen-bond acceptors (Lipinski definition) is 5. The molecule has 100 valence electrons. The summed E-state index contributed by atoms with van der Waals surface area (Å²) >= 11 is 0. The van der Waals surface area contributed by atoms with E-state index in [2.05, 4.69) is 15.3 Å². The molecule has 2 rings (SSSR count). The van der Waals surface area contributed by atoms with Crippen molar-refractivity contribution in [3.63, 3.8) is 0 Å². The van der Waals surface area contributed by atoms with Crippen LogP contribution in [0.25, 0.3) is 0 Å². The minimum absolute atomic E-state index is 0.236. The highest BCUT2D eigenvalue weighted by molar-refractivity contribution is 5.47. The number of H-pyrrole nitrogens is 1. The van der Waals surface area contributed by atoms with Crippen molar-refractivity contribution in [2.24, 2.45) is 17.6 Å². The first-order valence-electron chi connectivity index (χ1n) is 6.32. The number of nitrogens with two attached hydrogens (primary N) is 1. The van der Waals surface area contributed by atoms with Gasteiger partial charge in [0.15, 0.2) is 5.82 Å². The zero-order valence-electron chi connectivity index (χ0n) is 10.6. The highest BCUT2D eigenvalue weighted by Gasteiger charge is 2.26. The van der Waals surface area contributed by atoms with Crippen molar-refractivity contribution in [3.8, 4) is 5.75 Å². The lowest BCUT2D eigenvalue weighted by Gasteiger charge is -2.19. The number of hydrogen-bond donors (Lipinski definition) is 3. The van der Waals surface area contributed by atoms with Crippen LogP contribution >= 0.6 is 0 Å². The molecule has 0 spiro atoms. The Morgan fingerprint density at radius 2 is 2.33 bits per heavy atom. The van der Waals surface area contributed by atoms with Crippen LogP contribution in [0.5, 0.6) is 5.75 Å². The molecule has 0 aliphatic heterocycles. The van der Waals surface area contributed by atoms with Gasteiger partial charge < -0.3 is 20.8 Å². The van der Waals surface area contributed by atoms with Crippen LogP contribution < -0.4 is 21.3 Å². The van der Waals surface area contributed by atoms with Crippen LogP contribution in [-0.2, 0) is 0 Å². The lowest BCUT2D eigenvalue weighted by Crippen LogP contribution is -2.25. The first-order valence-corrected chi connectivity index (χ1v) is 6.32. The molecule has 6 heteroatoms. The SMILES string of the molecule is COc1c(NCC2CCCC2CN)nc[nH]c1=O. The van der Waals surface area contributed by atoms with Gasteiger partial charge in [-0.1, -0.05) is 6.42 Å². The molecule has 0 amide bonds. The van der Waals surface area contributed by atoms with Crippen molar-refractivity contribution in [1.29, 1.82) is 0 Å². The molecule has 1 aromatic rings. The zero-order valence-corrected chi connectivity index (χ0v) is 10.6. The van der Waals surface area contributed by atoms with Crippen LogP contribution in [0.15, 0.2) is 11.1 Å². The van der Waals surface area contributed by atoms with Gasteiger partial charge in [-0.05, 0) is 31.2 Å². The Labute approximate surface area is 106 Å². The van der Waals surface area contributed by atoms with Crippen molar-refractivity contribution in [3.05, 3.63) is 16.7 Å².